The Morgan fingerprint density at radius 3 is 2.54 bits per heavy atom. The Hall–Kier alpha value is -3.21. The number of anilines is 2. The van der Waals surface area contributed by atoms with E-state index in [2.05, 4.69) is 15.6 Å². The van der Waals surface area contributed by atoms with Gasteiger partial charge in [0.15, 0.2) is 0 Å². The van der Waals surface area contributed by atoms with E-state index in [0.717, 1.165) is 16.7 Å². The molecule has 0 atom stereocenters. The van der Waals surface area contributed by atoms with Gasteiger partial charge in [0.1, 0.15) is 11.6 Å². The Bertz CT molecular complexity index is 877. The fourth-order valence-electron chi connectivity index (χ4n) is 2.58. The molecule has 0 radical (unpaired) electrons. The van der Waals surface area contributed by atoms with Crippen LogP contribution in [-0.2, 0) is 17.8 Å². The maximum atomic E-state index is 12.9. The van der Waals surface area contributed by atoms with E-state index >= 15 is 0 Å². The predicted octanol–water partition coefficient (Wildman–Crippen LogP) is 4.32. The lowest BCUT2D eigenvalue weighted by Gasteiger charge is -2.08. The molecule has 0 saturated carbocycles. The average molecular weight is 349 g/mol. The van der Waals surface area contributed by atoms with Gasteiger partial charge in [-0.1, -0.05) is 42.0 Å². The molecule has 1 amide bonds. The topological polar surface area (TPSA) is 54.0 Å². The Balaban J connectivity index is 1.52. The molecule has 5 heteroatoms. The number of aromatic nitrogens is 1. The first-order valence-electron chi connectivity index (χ1n) is 8.38. The van der Waals surface area contributed by atoms with Gasteiger partial charge in [0.05, 0.1) is 18.3 Å². The minimum Gasteiger partial charge on any atom is -0.366 e. The number of hydrogen-bond donors (Lipinski definition) is 2. The van der Waals surface area contributed by atoms with Crippen molar-refractivity contribution in [1.29, 1.82) is 0 Å². The van der Waals surface area contributed by atoms with Crippen LogP contribution in [0.5, 0.6) is 0 Å². The molecule has 2 aromatic carbocycles. The highest BCUT2D eigenvalue weighted by atomic mass is 19.1. The summed E-state index contributed by atoms with van der Waals surface area (Å²) >= 11 is 0. The SMILES string of the molecule is Cc1cccc(CC(=O)Nc2ccc(NCc3ccc(F)cc3)nc2)c1. The van der Waals surface area contributed by atoms with Gasteiger partial charge in [0.25, 0.3) is 0 Å². The van der Waals surface area contributed by atoms with Crippen LogP contribution in [0.1, 0.15) is 16.7 Å². The van der Waals surface area contributed by atoms with Gasteiger partial charge in [-0.05, 0) is 42.3 Å². The summed E-state index contributed by atoms with van der Waals surface area (Å²) in [7, 11) is 0. The van der Waals surface area contributed by atoms with Crippen molar-refractivity contribution >= 4 is 17.4 Å². The molecule has 2 N–H and O–H groups in total. The first kappa shape index (κ1) is 17.6. The first-order valence-corrected chi connectivity index (χ1v) is 8.38. The maximum Gasteiger partial charge on any atom is 0.228 e. The second-order valence-electron chi connectivity index (χ2n) is 6.13. The maximum absolute atomic E-state index is 12.9. The van der Waals surface area contributed by atoms with Crippen molar-refractivity contribution in [3.8, 4) is 0 Å². The molecular formula is C21H20FN3O. The normalized spacial score (nSPS) is 10.4. The third kappa shape index (κ3) is 5.14. The summed E-state index contributed by atoms with van der Waals surface area (Å²) in [4.78, 5) is 16.4. The van der Waals surface area contributed by atoms with Crippen LogP contribution in [-0.4, -0.2) is 10.9 Å². The largest absolute Gasteiger partial charge is 0.366 e. The molecule has 132 valence electrons. The zero-order valence-corrected chi connectivity index (χ0v) is 14.5. The lowest BCUT2D eigenvalue weighted by molar-refractivity contribution is -0.115. The molecule has 0 bridgehead atoms. The number of benzene rings is 2. The molecule has 0 fully saturated rings. The van der Waals surface area contributed by atoms with Gasteiger partial charge in [0.2, 0.25) is 5.91 Å². The van der Waals surface area contributed by atoms with Crippen molar-refractivity contribution in [1.82, 2.24) is 4.98 Å². The van der Waals surface area contributed by atoms with Crippen molar-refractivity contribution in [2.45, 2.75) is 19.9 Å². The van der Waals surface area contributed by atoms with Crippen molar-refractivity contribution in [3.63, 3.8) is 0 Å². The minimum absolute atomic E-state index is 0.0792. The summed E-state index contributed by atoms with van der Waals surface area (Å²) in [6, 6.07) is 17.8. The van der Waals surface area contributed by atoms with Crippen molar-refractivity contribution < 1.29 is 9.18 Å². The number of pyridine rings is 1. The fraction of sp³-hybridized carbons (Fsp3) is 0.143. The van der Waals surface area contributed by atoms with Gasteiger partial charge in [0, 0.05) is 6.54 Å². The van der Waals surface area contributed by atoms with Gasteiger partial charge < -0.3 is 10.6 Å². The van der Waals surface area contributed by atoms with Crippen LogP contribution in [0.3, 0.4) is 0 Å². The van der Waals surface area contributed by atoms with Crippen LogP contribution in [0.15, 0.2) is 66.9 Å². The van der Waals surface area contributed by atoms with Crippen LogP contribution in [0.4, 0.5) is 15.9 Å². The van der Waals surface area contributed by atoms with E-state index in [-0.39, 0.29) is 11.7 Å². The standard InChI is InChI=1S/C21H20FN3O/c1-15-3-2-4-17(11-15)12-21(26)25-19-9-10-20(24-14-19)23-13-16-5-7-18(22)8-6-16/h2-11,14H,12-13H2,1H3,(H,23,24)(H,25,26). The zero-order chi connectivity index (χ0) is 18.4. The summed E-state index contributed by atoms with van der Waals surface area (Å²) in [6.07, 6.45) is 1.94. The molecule has 1 aromatic heterocycles. The second kappa shape index (κ2) is 8.25. The van der Waals surface area contributed by atoms with Crippen molar-refractivity contribution in [2.24, 2.45) is 0 Å². The molecule has 4 nitrogen and oxygen atoms in total. The average Bonchev–Trinajstić information content (AvgIpc) is 2.62. The van der Waals surface area contributed by atoms with E-state index in [9.17, 15) is 9.18 Å². The van der Waals surface area contributed by atoms with Gasteiger partial charge in [-0.3, -0.25) is 4.79 Å². The Morgan fingerprint density at radius 1 is 1.04 bits per heavy atom. The number of nitrogens with one attached hydrogen (secondary N) is 2. The number of nitrogens with zero attached hydrogens (tertiary/aromatic N) is 1. The molecule has 1 heterocycles. The predicted molar refractivity (Wildman–Crippen MR) is 101 cm³/mol. The highest BCUT2D eigenvalue weighted by Gasteiger charge is 2.05. The Kier molecular flexibility index (Phi) is 5.59. The molecular weight excluding hydrogens is 329 g/mol. The number of amides is 1. The van der Waals surface area contributed by atoms with E-state index in [4.69, 9.17) is 0 Å². The summed E-state index contributed by atoms with van der Waals surface area (Å²) in [6.45, 7) is 2.55. The number of aryl methyl sites for hydroxylation is 1. The quantitative estimate of drug-likeness (QED) is 0.697. The Labute approximate surface area is 152 Å². The highest BCUT2D eigenvalue weighted by Crippen LogP contribution is 2.12. The van der Waals surface area contributed by atoms with E-state index < -0.39 is 0 Å². The minimum atomic E-state index is -0.252. The monoisotopic (exact) mass is 349 g/mol. The van der Waals surface area contributed by atoms with Crippen LogP contribution >= 0.6 is 0 Å². The molecule has 0 spiro atoms. The van der Waals surface area contributed by atoms with Crippen molar-refractivity contribution in [2.75, 3.05) is 10.6 Å². The highest BCUT2D eigenvalue weighted by molar-refractivity contribution is 5.92. The third-order valence-corrected chi connectivity index (χ3v) is 3.88. The molecule has 0 aliphatic rings. The molecule has 0 saturated heterocycles. The van der Waals surface area contributed by atoms with Gasteiger partial charge in [-0.25, -0.2) is 9.37 Å². The van der Waals surface area contributed by atoms with Gasteiger partial charge in [-0.2, -0.15) is 0 Å². The fourth-order valence-corrected chi connectivity index (χ4v) is 2.58. The van der Waals surface area contributed by atoms with E-state index in [1.807, 2.05) is 31.2 Å². The van der Waals surface area contributed by atoms with E-state index in [1.54, 1.807) is 30.5 Å². The second-order valence-corrected chi connectivity index (χ2v) is 6.13. The van der Waals surface area contributed by atoms with E-state index in [1.165, 1.54) is 12.1 Å². The van der Waals surface area contributed by atoms with Gasteiger partial charge in [-0.15, -0.1) is 0 Å². The number of hydrogen-bond acceptors (Lipinski definition) is 3. The van der Waals surface area contributed by atoms with Crippen molar-refractivity contribution in [3.05, 3.63) is 89.4 Å². The molecule has 0 aliphatic carbocycles. The Morgan fingerprint density at radius 2 is 1.85 bits per heavy atom. The van der Waals surface area contributed by atoms with E-state index in [0.29, 0.717) is 24.5 Å². The molecule has 3 rings (SSSR count). The van der Waals surface area contributed by atoms with Crippen LogP contribution in [0.2, 0.25) is 0 Å². The summed E-state index contributed by atoms with van der Waals surface area (Å²) in [5.74, 6) is 0.355. The lowest BCUT2D eigenvalue weighted by Crippen LogP contribution is -2.14. The third-order valence-electron chi connectivity index (χ3n) is 3.88. The van der Waals surface area contributed by atoms with Crippen LogP contribution in [0.25, 0.3) is 0 Å². The number of carbonyl (C=O) groups is 1. The van der Waals surface area contributed by atoms with Crippen LogP contribution in [0, 0.1) is 12.7 Å². The zero-order valence-electron chi connectivity index (χ0n) is 14.5. The molecule has 3 aromatic rings. The van der Waals surface area contributed by atoms with Crippen LogP contribution < -0.4 is 10.6 Å². The summed E-state index contributed by atoms with van der Waals surface area (Å²) in [5.41, 5.74) is 3.72. The number of carbonyl (C=O) groups excluding carboxylic acids is 1. The lowest BCUT2D eigenvalue weighted by atomic mass is 10.1. The summed E-state index contributed by atoms with van der Waals surface area (Å²) in [5, 5.41) is 6.01. The summed E-state index contributed by atoms with van der Waals surface area (Å²) < 4.78 is 12.9. The number of halogens is 1. The molecule has 0 aliphatic heterocycles. The first-order chi connectivity index (χ1) is 12.6. The molecule has 0 unspecified atom stereocenters. The molecule has 26 heavy (non-hydrogen) atoms. The smallest absolute Gasteiger partial charge is 0.228 e. The van der Waals surface area contributed by atoms with Gasteiger partial charge >= 0.3 is 0 Å². The number of rotatable bonds is 6.